The molecule has 0 aliphatic carbocycles. The number of thioether (sulfide) groups is 1. The molecule has 0 amide bonds. The number of Topliss-reactive ketones (excluding diaryl/α,β-unsaturated/α-hetero) is 1. The first-order valence-corrected chi connectivity index (χ1v) is 8.63. The van der Waals surface area contributed by atoms with E-state index in [1.807, 2.05) is 30.5 Å². The van der Waals surface area contributed by atoms with E-state index in [1.54, 1.807) is 23.1 Å². The lowest BCUT2D eigenvalue weighted by Gasteiger charge is -2.14. The van der Waals surface area contributed by atoms with Crippen LogP contribution in [0.5, 0.6) is 0 Å². The average molecular weight is 305 g/mol. The fourth-order valence-corrected chi connectivity index (χ4v) is 3.48. The fourth-order valence-electron chi connectivity index (χ4n) is 1.84. The quantitative estimate of drug-likeness (QED) is 0.611. The molecule has 2 aromatic rings. The van der Waals surface area contributed by atoms with Crippen LogP contribution in [0, 0.1) is 0 Å². The number of rotatable bonds is 4. The number of hydrogen-bond acceptors (Lipinski definition) is 4. The van der Waals surface area contributed by atoms with E-state index in [-0.39, 0.29) is 11.2 Å². The molecule has 0 fully saturated rings. The summed E-state index contributed by atoms with van der Waals surface area (Å²) in [4.78, 5) is 18.0. The maximum Gasteiger partial charge on any atom is 0.170 e. The van der Waals surface area contributed by atoms with Gasteiger partial charge in [0.25, 0.3) is 0 Å². The van der Waals surface area contributed by atoms with E-state index in [0.29, 0.717) is 6.42 Å². The van der Waals surface area contributed by atoms with Crippen molar-refractivity contribution in [2.75, 3.05) is 6.26 Å². The van der Waals surface area contributed by atoms with Crippen molar-refractivity contribution in [3.05, 3.63) is 45.9 Å². The Kier molecular flexibility index (Phi) is 4.66. The first kappa shape index (κ1) is 15.3. The monoisotopic (exact) mass is 305 g/mol. The molecule has 2 rings (SSSR count). The Balaban J connectivity index is 2.18. The summed E-state index contributed by atoms with van der Waals surface area (Å²) in [6.45, 7) is 6.41. The molecule has 20 heavy (non-hydrogen) atoms. The summed E-state index contributed by atoms with van der Waals surface area (Å²) in [7, 11) is 0. The van der Waals surface area contributed by atoms with Crippen LogP contribution in [0.4, 0.5) is 0 Å². The van der Waals surface area contributed by atoms with Crippen LogP contribution in [-0.4, -0.2) is 17.0 Å². The van der Waals surface area contributed by atoms with Crippen LogP contribution in [-0.2, 0) is 11.8 Å². The smallest absolute Gasteiger partial charge is 0.170 e. The number of benzene rings is 1. The zero-order valence-electron chi connectivity index (χ0n) is 12.3. The standard InChI is InChI=1S/C16H19NOS2/c1-16(2,3)14-10-20-15(17-14)9-12(18)11-7-5-6-8-13(11)19-4/h5-8,10H,9H2,1-4H3. The Bertz CT molecular complexity index is 611. The minimum atomic E-state index is 0.0367. The molecule has 0 unspecified atom stereocenters. The predicted octanol–water partition coefficient (Wildman–Crippen LogP) is 4.59. The highest BCUT2D eigenvalue weighted by Gasteiger charge is 2.19. The Morgan fingerprint density at radius 3 is 2.60 bits per heavy atom. The van der Waals surface area contributed by atoms with Gasteiger partial charge >= 0.3 is 0 Å². The van der Waals surface area contributed by atoms with Gasteiger partial charge in [0, 0.05) is 21.3 Å². The van der Waals surface area contributed by atoms with E-state index in [0.717, 1.165) is 21.2 Å². The van der Waals surface area contributed by atoms with Gasteiger partial charge in [0.15, 0.2) is 5.78 Å². The van der Waals surface area contributed by atoms with Crippen molar-refractivity contribution in [3.8, 4) is 0 Å². The van der Waals surface area contributed by atoms with Crippen LogP contribution in [0.1, 0.15) is 41.8 Å². The van der Waals surface area contributed by atoms with Crippen molar-refractivity contribution in [3.63, 3.8) is 0 Å². The first-order chi connectivity index (χ1) is 9.41. The number of carbonyl (C=O) groups excluding carboxylic acids is 1. The zero-order valence-corrected chi connectivity index (χ0v) is 13.9. The van der Waals surface area contributed by atoms with Crippen molar-refractivity contribution in [2.45, 2.75) is 37.5 Å². The van der Waals surface area contributed by atoms with Gasteiger partial charge in [-0.1, -0.05) is 39.0 Å². The number of hydrogen-bond donors (Lipinski definition) is 0. The van der Waals surface area contributed by atoms with Crippen molar-refractivity contribution in [1.82, 2.24) is 4.98 Å². The van der Waals surface area contributed by atoms with Gasteiger partial charge in [0.2, 0.25) is 0 Å². The van der Waals surface area contributed by atoms with Gasteiger partial charge in [0.05, 0.1) is 12.1 Å². The summed E-state index contributed by atoms with van der Waals surface area (Å²) in [6.07, 6.45) is 2.38. The molecule has 4 heteroatoms. The molecule has 0 spiro atoms. The van der Waals surface area contributed by atoms with E-state index in [4.69, 9.17) is 0 Å². The van der Waals surface area contributed by atoms with E-state index >= 15 is 0 Å². The Hall–Kier alpha value is -1.13. The van der Waals surface area contributed by atoms with E-state index in [9.17, 15) is 4.79 Å². The first-order valence-electron chi connectivity index (χ1n) is 6.53. The highest BCUT2D eigenvalue weighted by molar-refractivity contribution is 7.98. The third kappa shape index (κ3) is 3.49. The molecule has 1 aromatic heterocycles. The van der Waals surface area contributed by atoms with Gasteiger partial charge in [-0.3, -0.25) is 4.79 Å². The highest BCUT2D eigenvalue weighted by atomic mass is 32.2. The van der Waals surface area contributed by atoms with Crippen LogP contribution in [0.25, 0.3) is 0 Å². The summed E-state index contributed by atoms with van der Waals surface area (Å²) in [5.74, 6) is 0.143. The van der Waals surface area contributed by atoms with Gasteiger partial charge in [-0.25, -0.2) is 4.98 Å². The summed E-state index contributed by atoms with van der Waals surface area (Å²) in [5, 5.41) is 2.96. The van der Waals surface area contributed by atoms with Crippen LogP contribution in [0.2, 0.25) is 0 Å². The minimum absolute atomic E-state index is 0.0367. The summed E-state index contributed by atoms with van der Waals surface area (Å²) in [5.41, 5.74) is 1.89. The van der Waals surface area contributed by atoms with E-state index in [2.05, 4.69) is 31.1 Å². The topological polar surface area (TPSA) is 30.0 Å². The molecule has 0 saturated heterocycles. The Labute approximate surface area is 128 Å². The Morgan fingerprint density at radius 2 is 2.00 bits per heavy atom. The molecule has 0 N–H and O–H groups in total. The molecule has 0 aliphatic rings. The van der Waals surface area contributed by atoms with Crippen molar-refractivity contribution in [2.24, 2.45) is 0 Å². The molecule has 106 valence electrons. The Morgan fingerprint density at radius 1 is 1.30 bits per heavy atom. The number of ketones is 1. The molecule has 0 saturated carbocycles. The lowest BCUT2D eigenvalue weighted by Crippen LogP contribution is -2.12. The molecule has 0 bridgehead atoms. The molecule has 1 heterocycles. The zero-order chi connectivity index (χ0) is 14.8. The second-order valence-corrected chi connectivity index (χ2v) is 7.47. The van der Waals surface area contributed by atoms with Crippen LogP contribution in [0.3, 0.4) is 0 Å². The predicted molar refractivity (Wildman–Crippen MR) is 87.1 cm³/mol. The van der Waals surface area contributed by atoms with Gasteiger partial charge in [0.1, 0.15) is 5.01 Å². The SMILES string of the molecule is CSc1ccccc1C(=O)Cc1nc(C(C)(C)C)cs1. The molecule has 2 nitrogen and oxygen atoms in total. The van der Waals surface area contributed by atoms with Gasteiger partial charge in [-0.2, -0.15) is 0 Å². The normalized spacial score (nSPS) is 11.6. The molecule has 1 aromatic carbocycles. The highest BCUT2D eigenvalue weighted by Crippen LogP contribution is 2.26. The van der Waals surface area contributed by atoms with Gasteiger partial charge < -0.3 is 0 Å². The maximum absolute atomic E-state index is 12.4. The third-order valence-corrected chi connectivity index (χ3v) is 4.68. The van der Waals surface area contributed by atoms with Crippen molar-refractivity contribution in [1.29, 1.82) is 0 Å². The van der Waals surface area contributed by atoms with E-state index in [1.165, 1.54) is 0 Å². The number of carbonyl (C=O) groups is 1. The van der Waals surface area contributed by atoms with Crippen molar-refractivity contribution >= 4 is 28.9 Å². The molecular formula is C16H19NOS2. The van der Waals surface area contributed by atoms with Gasteiger partial charge in [-0.05, 0) is 12.3 Å². The molecule has 0 aliphatic heterocycles. The second-order valence-electron chi connectivity index (χ2n) is 5.68. The molecule has 0 radical (unpaired) electrons. The van der Waals surface area contributed by atoms with E-state index < -0.39 is 0 Å². The second kappa shape index (κ2) is 6.10. The summed E-state index contributed by atoms with van der Waals surface area (Å²) < 4.78 is 0. The van der Waals surface area contributed by atoms with Crippen LogP contribution < -0.4 is 0 Å². The fraction of sp³-hybridized carbons (Fsp3) is 0.375. The third-order valence-electron chi connectivity index (χ3n) is 3.04. The van der Waals surface area contributed by atoms with Crippen LogP contribution >= 0.6 is 23.1 Å². The van der Waals surface area contributed by atoms with Crippen molar-refractivity contribution < 1.29 is 4.79 Å². The summed E-state index contributed by atoms with van der Waals surface area (Å²) >= 11 is 3.18. The lowest BCUT2D eigenvalue weighted by molar-refractivity contribution is 0.0990. The van der Waals surface area contributed by atoms with Crippen LogP contribution in [0.15, 0.2) is 34.5 Å². The maximum atomic E-state index is 12.4. The summed E-state index contributed by atoms with van der Waals surface area (Å²) in [6, 6.07) is 7.76. The van der Waals surface area contributed by atoms with Gasteiger partial charge in [-0.15, -0.1) is 23.1 Å². The number of aromatic nitrogens is 1. The largest absolute Gasteiger partial charge is 0.294 e. The molecular weight excluding hydrogens is 286 g/mol. The minimum Gasteiger partial charge on any atom is -0.294 e. The molecule has 0 atom stereocenters. The lowest BCUT2D eigenvalue weighted by atomic mass is 9.93. The number of nitrogens with zero attached hydrogens (tertiary/aromatic N) is 1. The number of thiazole rings is 1. The average Bonchev–Trinajstić information content (AvgIpc) is 2.87.